The zero-order valence-electron chi connectivity index (χ0n) is 11.8. The number of nitrogens with one attached hydrogen (secondary N) is 1. The number of aliphatic hydroxyl groups is 1. The van der Waals surface area contributed by atoms with Crippen LogP contribution in [0.15, 0.2) is 24.3 Å². The van der Waals surface area contributed by atoms with Gasteiger partial charge in [-0.3, -0.25) is 4.79 Å². The number of rotatable bonds is 7. The summed E-state index contributed by atoms with van der Waals surface area (Å²) in [6.07, 6.45) is 0.565. The van der Waals surface area contributed by atoms with Gasteiger partial charge >= 0.3 is 0 Å². The standard InChI is InChI=1S/C15H23NO3/c1-11(2)14(8-9-17)16-15(18)13-7-5-4-6-12(13)10-19-3/h4-7,11,14,17H,8-10H2,1-3H3,(H,16,18). The number of amides is 1. The summed E-state index contributed by atoms with van der Waals surface area (Å²) in [5.41, 5.74) is 1.50. The topological polar surface area (TPSA) is 58.6 Å². The lowest BCUT2D eigenvalue weighted by atomic mass is 10.00. The Bertz CT molecular complexity index is 404. The van der Waals surface area contributed by atoms with Gasteiger partial charge in [0.2, 0.25) is 0 Å². The molecule has 0 radical (unpaired) electrons. The van der Waals surface area contributed by atoms with Crippen molar-refractivity contribution in [1.82, 2.24) is 5.32 Å². The second-order valence-electron chi connectivity index (χ2n) is 4.93. The minimum atomic E-state index is -0.111. The second kappa shape index (κ2) is 7.92. The molecule has 0 spiro atoms. The van der Waals surface area contributed by atoms with E-state index in [1.807, 2.05) is 32.0 Å². The van der Waals surface area contributed by atoms with Crippen LogP contribution in [0.3, 0.4) is 0 Å². The molecule has 106 valence electrons. The molecule has 1 aromatic rings. The molecule has 2 N–H and O–H groups in total. The number of benzene rings is 1. The highest BCUT2D eigenvalue weighted by molar-refractivity contribution is 5.95. The first-order valence-corrected chi connectivity index (χ1v) is 6.58. The van der Waals surface area contributed by atoms with Crippen molar-refractivity contribution < 1.29 is 14.6 Å². The van der Waals surface area contributed by atoms with Crippen molar-refractivity contribution in [2.45, 2.75) is 32.9 Å². The fraction of sp³-hybridized carbons (Fsp3) is 0.533. The Hall–Kier alpha value is -1.39. The summed E-state index contributed by atoms with van der Waals surface area (Å²) in [6, 6.07) is 7.38. The molecule has 0 saturated heterocycles. The Kier molecular flexibility index (Phi) is 6.53. The molecule has 0 fully saturated rings. The van der Waals surface area contributed by atoms with Crippen LogP contribution in [0.25, 0.3) is 0 Å². The summed E-state index contributed by atoms with van der Waals surface area (Å²) in [7, 11) is 1.61. The molecule has 19 heavy (non-hydrogen) atoms. The van der Waals surface area contributed by atoms with E-state index in [4.69, 9.17) is 9.84 Å². The van der Waals surface area contributed by atoms with Gasteiger partial charge in [0.1, 0.15) is 0 Å². The smallest absolute Gasteiger partial charge is 0.251 e. The van der Waals surface area contributed by atoms with Gasteiger partial charge in [-0.15, -0.1) is 0 Å². The fourth-order valence-corrected chi connectivity index (χ4v) is 1.98. The summed E-state index contributed by atoms with van der Waals surface area (Å²) in [5.74, 6) is 0.172. The van der Waals surface area contributed by atoms with Crippen molar-refractivity contribution in [1.29, 1.82) is 0 Å². The molecule has 0 aromatic heterocycles. The van der Waals surface area contributed by atoms with Crippen LogP contribution in [0.1, 0.15) is 36.2 Å². The number of hydrogen-bond acceptors (Lipinski definition) is 3. The van der Waals surface area contributed by atoms with Gasteiger partial charge in [0.05, 0.1) is 6.61 Å². The summed E-state index contributed by atoms with van der Waals surface area (Å²) < 4.78 is 5.10. The number of ether oxygens (including phenoxy) is 1. The lowest BCUT2D eigenvalue weighted by Gasteiger charge is -2.22. The minimum absolute atomic E-state index is 0.0203. The third-order valence-electron chi connectivity index (χ3n) is 3.12. The predicted octanol–water partition coefficient (Wildman–Crippen LogP) is 1.97. The Morgan fingerprint density at radius 3 is 2.63 bits per heavy atom. The Balaban J connectivity index is 2.81. The van der Waals surface area contributed by atoms with Crippen LogP contribution in [0.5, 0.6) is 0 Å². The van der Waals surface area contributed by atoms with E-state index >= 15 is 0 Å². The largest absolute Gasteiger partial charge is 0.396 e. The number of carbonyl (C=O) groups is 1. The van der Waals surface area contributed by atoms with Crippen LogP contribution in [0, 0.1) is 5.92 Å². The van der Waals surface area contributed by atoms with Gasteiger partial charge in [0.25, 0.3) is 5.91 Å². The third-order valence-corrected chi connectivity index (χ3v) is 3.12. The summed E-state index contributed by atoms with van der Waals surface area (Å²) in [6.45, 7) is 4.54. The molecular weight excluding hydrogens is 242 g/mol. The van der Waals surface area contributed by atoms with E-state index in [0.29, 0.717) is 18.6 Å². The van der Waals surface area contributed by atoms with Crippen molar-refractivity contribution in [3.05, 3.63) is 35.4 Å². The molecule has 0 aliphatic heterocycles. The second-order valence-corrected chi connectivity index (χ2v) is 4.93. The van der Waals surface area contributed by atoms with Gasteiger partial charge in [-0.2, -0.15) is 0 Å². The van der Waals surface area contributed by atoms with Crippen LogP contribution in [-0.2, 0) is 11.3 Å². The minimum Gasteiger partial charge on any atom is -0.396 e. The molecule has 1 aromatic carbocycles. The third kappa shape index (κ3) is 4.65. The van der Waals surface area contributed by atoms with Crippen molar-refractivity contribution in [2.75, 3.05) is 13.7 Å². The maximum Gasteiger partial charge on any atom is 0.251 e. The highest BCUT2D eigenvalue weighted by atomic mass is 16.5. The SMILES string of the molecule is COCc1ccccc1C(=O)NC(CCO)C(C)C. The molecular formula is C15H23NO3. The Morgan fingerprint density at radius 2 is 2.05 bits per heavy atom. The Labute approximate surface area is 114 Å². The molecule has 1 atom stereocenters. The molecule has 0 bridgehead atoms. The molecule has 4 nitrogen and oxygen atoms in total. The highest BCUT2D eigenvalue weighted by Crippen LogP contribution is 2.12. The van der Waals surface area contributed by atoms with E-state index in [0.717, 1.165) is 5.56 Å². The first-order valence-electron chi connectivity index (χ1n) is 6.58. The van der Waals surface area contributed by atoms with E-state index in [2.05, 4.69) is 5.32 Å². The molecule has 0 heterocycles. The van der Waals surface area contributed by atoms with Gasteiger partial charge in [-0.1, -0.05) is 32.0 Å². The number of carbonyl (C=O) groups excluding carboxylic acids is 1. The monoisotopic (exact) mass is 265 g/mol. The number of aliphatic hydroxyl groups excluding tert-OH is 1. The van der Waals surface area contributed by atoms with E-state index in [1.54, 1.807) is 13.2 Å². The van der Waals surface area contributed by atoms with Crippen LogP contribution in [0.2, 0.25) is 0 Å². The van der Waals surface area contributed by atoms with Crippen molar-refractivity contribution >= 4 is 5.91 Å². The van der Waals surface area contributed by atoms with Gasteiger partial charge in [0.15, 0.2) is 0 Å². The zero-order chi connectivity index (χ0) is 14.3. The summed E-state index contributed by atoms with van der Waals surface area (Å²) in [4.78, 5) is 12.3. The van der Waals surface area contributed by atoms with Crippen LogP contribution in [0.4, 0.5) is 0 Å². The maximum atomic E-state index is 12.3. The lowest BCUT2D eigenvalue weighted by molar-refractivity contribution is 0.0911. The first-order chi connectivity index (χ1) is 9.10. The molecule has 1 rings (SSSR count). The number of methoxy groups -OCH3 is 1. The van der Waals surface area contributed by atoms with Crippen molar-refractivity contribution in [2.24, 2.45) is 5.92 Å². The Morgan fingerprint density at radius 1 is 1.37 bits per heavy atom. The molecule has 0 aliphatic carbocycles. The lowest BCUT2D eigenvalue weighted by Crippen LogP contribution is -2.39. The van der Waals surface area contributed by atoms with Crippen LogP contribution in [-0.4, -0.2) is 30.8 Å². The molecule has 1 amide bonds. The number of hydrogen-bond donors (Lipinski definition) is 2. The highest BCUT2D eigenvalue weighted by Gasteiger charge is 2.18. The van der Waals surface area contributed by atoms with Gasteiger partial charge in [-0.05, 0) is 24.0 Å². The van der Waals surface area contributed by atoms with E-state index < -0.39 is 0 Å². The maximum absolute atomic E-state index is 12.3. The predicted molar refractivity (Wildman–Crippen MR) is 75.0 cm³/mol. The zero-order valence-corrected chi connectivity index (χ0v) is 11.8. The summed E-state index contributed by atoms with van der Waals surface area (Å²) in [5, 5.41) is 12.0. The molecule has 0 saturated carbocycles. The van der Waals surface area contributed by atoms with Crippen molar-refractivity contribution in [3.8, 4) is 0 Å². The molecule has 4 heteroatoms. The summed E-state index contributed by atoms with van der Waals surface area (Å²) >= 11 is 0. The average Bonchev–Trinajstić information content (AvgIpc) is 2.39. The quantitative estimate of drug-likeness (QED) is 0.792. The van der Waals surface area contributed by atoms with Crippen LogP contribution >= 0.6 is 0 Å². The first kappa shape index (κ1) is 15.7. The van der Waals surface area contributed by atoms with Crippen molar-refractivity contribution in [3.63, 3.8) is 0 Å². The average molecular weight is 265 g/mol. The molecule has 1 unspecified atom stereocenters. The fourth-order valence-electron chi connectivity index (χ4n) is 1.98. The van der Waals surface area contributed by atoms with Gasteiger partial charge in [-0.25, -0.2) is 0 Å². The molecule has 0 aliphatic rings. The van der Waals surface area contributed by atoms with Crippen LogP contribution < -0.4 is 5.32 Å². The van der Waals surface area contributed by atoms with Gasteiger partial charge < -0.3 is 15.2 Å². The van der Waals surface area contributed by atoms with E-state index in [9.17, 15) is 4.79 Å². The van der Waals surface area contributed by atoms with Gasteiger partial charge in [0, 0.05) is 25.3 Å². The van der Waals surface area contributed by atoms with E-state index in [-0.39, 0.29) is 24.5 Å². The van der Waals surface area contributed by atoms with E-state index in [1.165, 1.54) is 0 Å². The normalized spacial score (nSPS) is 12.5.